The van der Waals surface area contributed by atoms with E-state index in [0.717, 1.165) is 24.9 Å². The minimum Gasteiger partial charge on any atom is -0.357 e. The molecular weight excluding hydrogens is 380 g/mol. The van der Waals surface area contributed by atoms with Gasteiger partial charge < -0.3 is 10.2 Å². The van der Waals surface area contributed by atoms with E-state index in [2.05, 4.69) is 67.4 Å². The van der Waals surface area contributed by atoms with Gasteiger partial charge in [0.15, 0.2) is 5.96 Å². The van der Waals surface area contributed by atoms with Crippen molar-refractivity contribution in [1.29, 1.82) is 0 Å². The third-order valence-corrected chi connectivity index (χ3v) is 5.40. The van der Waals surface area contributed by atoms with Crippen LogP contribution >= 0.6 is 15.9 Å². The smallest absolute Gasteiger partial charge is 0.194 e. The molecule has 0 saturated heterocycles. The van der Waals surface area contributed by atoms with Crippen LogP contribution in [-0.2, 0) is 19.0 Å². The number of aryl methyl sites for hydroxylation is 1. The standard InChI is InChI=1S/C18H25BrN6/c1-4-20-17(24(2)11-16-22-13-23-25(16)3)21-12-18(9-10-18)14-7-5-6-8-15(14)19/h5-8,13H,4,9-12H2,1-3H3,(H,20,21). The molecule has 0 amide bonds. The minimum atomic E-state index is 0.173. The Morgan fingerprint density at radius 3 is 2.76 bits per heavy atom. The molecule has 1 aromatic carbocycles. The first kappa shape index (κ1) is 17.9. The first-order chi connectivity index (χ1) is 12.1. The van der Waals surface area contributed by atoms with Crippen LogP contribution in [0.25, 0.3) is 0 Å². The summed E-state index contributed by atoms with van der Waals surface area (Å²) in [6.07, 6.45) is 3.95. The van der Waals surface area contributed by atoms with E-state index < -0.39 is 0 Å². The molecule has 3 rings (SSSR count). The van der Waals surface area contributed by atoms with E-state index in [-0.39, 0.29) is 5.41 Å². The van der Waals surface area contributed by atoms with Gasteiger partial charge >= 0.3 is 0 Å². The summed E-state index contributed by atoms with van der Waals surface area (Å²) in [5, 5.41) is 7.52. The Balaban J connectivity index is 1.74. The van der Waals surface area contributed by atoms with Crippen molar-refractivity contribution >= 4 is 21.9 Å². The number of halogens is 1. The second kappa shape index (κ2) is 7.56. The van der Waals surface area contributed by atoms with E-state index in [1.165, 1.54) is 22.9 Å². The summed E-state index contributed by atoms with van der Waals surface area (Å²) in [4.78, 5) is 11.3. The largest absolute Gasteiger partial charge is 0.357 e. The zero-order valence-corrected chi connectivity index (χ0v) is 16.6. The van der Waals surface area contributed by atoms with E-state index >= 15 is 0 Å². The van der Waals surface area contributed by atoms with Gasteiger partial charge in [0.2, 0.25) is 0 Å². The van der Waals surface area contributed by atoms with Gasteiger partial charge in [-0.2, -0.15) is 5.10 Å². The lowest BCUT2D eigenvalue weighted by molar-refractivity contribution is 0.447. The average Bonchev–Trinajstić information content (AvgIpc) is 3.28. The van der Waals surface area contributed by atoms with Crippen LogP contribution in [0.4, 0.5) is 0 Å². The Bertz CT molecular complexity index is 750. The molecule has 7 heteroatoms. The third kappa shape index (κ3) is 4.03. The monoisotopic (exact) mass is 404 g/mol. The number of aliphatic imine (C=N–C) groups is 1. The quantitative estimate of drug-likeness (QED) is 0.593. The molecule has 2 aromatic rings. The predicted molar refractivity (Wildman–Crippen MR) is 104 cm³/mol. The Labute approximate surface area is 157 Å². The molecule has 1 aromatic heterocycles. The molecule has 1 heterocycles. The molecule has 0 bridgehead atoms. The fraction of sp³-hybridized carbons (Fsp3) is 0.500. The van der Waals surface area contributed by atoms with Crippen molar-refractivity contribution in [3.63, 3.8) is 0 Å². The van der Waals surface area contributed by atoms with E-state index in [9.17, 15) is 0 Å². The van der Waals surface area contributed by atoms with Crippen molar-refractivity contribution in [2.75, 3.05) is 20.1 Å². The number of nitrogens with one attached hydrogen (secondary N) is 1. The van der Waals surface area contributed by atoms with Gasteiger partial charge in [0.05, 0.1) is 13.1 Å². The molecular formula is C18H25BrN6. The highest BCUT2D eigenvalue weighted by molar-refractivity contribution is 9.10. The second-order valence-electron chi connectivity index (χ2n) is 6.59. The van der Waals surface area contributed by atoms with Gasteiger partial charge in [0, 0.05) is 30.5 Å². The molecule has 0 unspecified atom stereocenters. The van der Waals surface area contributed by atoms with Gasteiger partial charge in [-0.05, 0) is 31.4 Å². The lowest BCUT2D eigenvalue weighted by atomic mass is 9.96. The summed E-state index contributed by atoms with van der Waals surface area (Å²) in [6, 6.07) is 8.49. The van der Waals surface area contributed by atoms with Crippen LogP contribution in [0, 0.1) is 0 Å². The molecule has 134 valence electrons. The van der Waals surface area contributed by atoms with Gasteiger partial charge in [-0.3, -0.25) is 9.67 Å². The van der Waals surface area contributed by atoms with Crippen LogP contribution in [0.15, 0.2) is 40.1 Å². The number of hydrogen-bond donors (Lipinski definition) is 1. The molecule has 0 spiro atoms. The molecule has 1 aliphatic rings. The predicted octanol–water partition coefficient (Wildman–Crippen LogP) is 2.71. The van der Waals surface area contributed by atoms with Crippen molar-refractivity contribution in [2.24, 2.45) is 12.0 Å². The molecule has 1 aliphatic carbocycles. The van der Waals surface area contributed by atoms with E-state index in [1.54, 1.807) is 11.0 Å². The summed E-state index contributed by atoms with van der Waals surface area (Å²) in [5.74, 6) is 1.82. The van der Waals surface area contributed by atoms with E-state index in [0.29, 0.717) is 6.54 Å². The summed E-state index contributed by atoms with van der Waals surface area (Å²) in [6.45, 7) is 4.39. The fourth-order valence-corrected chi connectivity index (χ4v) is 3.71. The topological polar surface area (TPSA) is 58.3 Å². The minimum absolute atomic E-state index is 0.173. The van der Waals surface area contributed by atoms with Gasteiger partial charge in [0.1, 0.15) is 12.2 Å². The number of rotatable bonds is 6. The lowest BCUT2D eigenvalue weighted by Crippen LogP contribution is -2.39. The highest BCUT2D eigenvalue weighted by Gasteiger charge is 2.45. The summed E-state index contributed by atoms with van der Waals surface area (Å²) >= 11 is 3.69. The SMILES string of the molecule is CCNC(=NCC1(c2ccccc2Br)CC1)N(C)Cc1ncnn1C. The molecule has 1 N–H and O–H groups in total. The van der Waals surface area contributed by atoms with Gasteiger partial charge in [-0.15, -0.1) is 0 Å². The fourth-order valence-electron chi connectivity index (χ4n) is 3.00. The van der Waals surface area contributed by atoms with Gasteiger partial charge in [-0.1, -0.05) is 34.1 Å². The van der Waals surface area contributed by atoms with Crippen LogP contribution in [0.2, 0.25) is 0 Å². The summed E-state index contributed by atoms with van der Waals surface area (Å²) in [7, 11) is 3.94. The highest BCUT2D eigenvalue weighted by atomic mass is 79.9. The van der Waals surface area contributed by atoms with Crippen molar-refractivity contribution < 1.29 is 0 Å². The molecule has 0 atom stereocenters. The Morgan fingerprint density at radius 2 is 2.16 bits per heavy atom. The maximum atomic E-state index is 4.93. The zero-order valence-electron chi connectivity index (χ0n) is 15.0. The number of hydrogen-bond acceptors (Lipinski definition) is 3. The van der Waals surface area contributed by atoms with E-state index in [4.69, 9.17) is 4.99 Å². The molecule has 1 saturated carbocycles. The lowest BCUT2D eigenvalue weighted by Gasteiger charge is -2.23. The molecule has 0 radical (unpaired) electrons. The zero-order chi connectivity index (χ0) is 17.9. The van der Waals surface area contributed by atoms with Crippen molar-refractivity contribution in [1.82, 2.24) is 25.0 Å². The van der Waals surface area contributed by atoms with E-state index in [1.807, 2.05) is 14.1 Å². The third-order valence-electron chi connectivity index (χ3n) is 4.71. The number of guanidine groups is 1. The van der Waals surface area contributed by atoms with Crippen molar-refractivity contribution in [3.05, 3.63) is 46.5 Å². The molecule has 1 fully saturated rings. The molecule has 0 aliphatic heterocycles. The van der Waals surface area contributed by atoms with Crippen molar-refractivity contribution in [3.8, 4) is 0 Å². The van der Waals surface area contributed by atoms with Crippen molar-refractivity contribution in [2.45, 2.75) is 31.7 Å². The molecule has 6 nitrogen and oxygen atoms in total. The number of benzene rings is 1. The van der Waals surface area contributed by atoms with Crippen LogP contribution in [0.3, 0.4) is 0 Å². The van der Waals surface area contributed by atoms with Crippen LogP contribution in [-0.4, -0.2) is 45.8 Å². The maximum absolute atomic E-state index is 4.93. The maximum Gasteiger partial charge on any atom is 0.194 e. The average molecular weight is 405 g/mol. The first-order valence-corrected chi connectivity index (χ1v) is 9.42. The van der Waals surface area contributed by atoms with Gasteiger partial charge in [0.25, 0.3) is 0 Å². The summed E-state index contributed by atoms with van der Waals surface area (Å²) in [5.41, 5.74) is 1.54. The van der Waals surface area contributed by atoms with Crippen LogP contribution in [0.5, 0.6) is 0 Å². The number of aromatic nitrogens is 3. The first-order valence-electron chi connectivity index (χ1n) is 8.63. The Hall–Kier alpha value is -1.89. The molecule has 25 heavy (non-hydrogen) atoms. The van der Waals surface area contributed by atoms with Crippen LogP contribution in [0.1, 0.15) is 31.2 Å². The Kier molecular flexibility index (Phi) is 5.42. The normalized spacial score (nSPS) is 15.9. The second-order valence-corrected chi connectivity index (χ2v) is 7.44. The highest BCUT2D eigenvalue weighted by Crippen LogP contribution is 2.50. The Morgan fingerprint density at radius 1 is 1.40 bits per heavy atom. The summed E-state index contributed by atoms with van der Waals surface area (Å²) < 4.78 is 2.98. The van der Waals surface area contributed by atoms with Gasteiger partial charge in [-0.25, -0.2) is 4.98 Å². The van der Waals surface area contributed by atoms with Crippen LogP contribution < -0.4 is 5.32 Å². The number of nitrogens with zero attached hydrogens (tertiary/aromatic N) is 5.